The van der Waals surface area contributed by atoms with E-state index in [0.29, 0.717) is 12.3 Å². The van der Waals surface area contributed by atoms with Crippen molar-refractivity contribution >= 4 is 5.97 Å². The number of nitrogens with one attached hydrogen (secondary N) is 1. The Bertz CT molecular complexity index is 587. The molecule has 0 aliphatic carbocycles. The maximum absolute atomic E-state index is 10.8. The number of furan rings is 1. The van der Waals surface area contributed by atoms with Gasteiger partial charge in [0.2, 0.25) is 5.76 Å². The van der Waals surface area contributed by atoms with Crippen molar-refractivity contribution in [3.8, 4) is 0 Å². The van der Waals surface area contributed by atoms with E-state index < -0.39 is 5.97 Å². The van der Waals surface area contributed by atoms with Gasteiger partial charge in [-0.2, -0.15) is 0 Å². The number of hydrogen-bond donors (Lipinski definition) is 2. The molecule has 0 spiro atoms. The van der Waals surface area contributed by atoms with Crippen molar-refractivity contribution in [3.63, 3.8) is 0 Å². The van der Waals surface area contributed by atoms with Crippen molar-refractivity contribution in [1.29, 1.82) is 0 Å². The Morgan fingerprint density at radius 2 is 1.89 bits per heavy atom. The Morgan fingerprint density at radius 1 is 1.21 bits per heavy atom. The Balaban J connectivity index is 1.96. The minimum absolute atomic E-state index is 0.00908. The summed E-state index contributed by atoms with van der Waals surface area (Å²) in [5.41, 5.74) is 3.36. The van der Waals surface area contributed by atoms with Crippen LogP contribution in [0.25, 0.3) is 0 Å². The summed E-state index contributed by atoms with van der Waals surface area (Å²) < 4.78 is 5.16. The first kappa shape index (κ1) is 13.4. The van der Waals surface area contributed by atoms with Gasteiger partial charge in [-0.05, 0) is 31.0 Å². The number of benzene rings is 1. The van der Waals surface area contributed by atoms with Gasteiger partial charge >= 0.3 is 5.97 Å². The van der Waals surface area contributed by atoms with Crippen molar-refractivity contribution < 1.29 is 14.3 Å². The van der Waals surface area contributed by atoms with Crippen LogP contribution in [-0.2, 0) is 13.1 Å². The molecule has 4 nitrogen and oxygen atoms in total. The molecule has 0 fully saturated rings. The zero-order valence-corrected chi connectivity index (χ0v) is 11.1. The zero-order chi connectivity index (χ0) is 13.8. The smallest absolute Gasteiger partial charge is 0.371 e. The lowest BCUT2D eigenvalue weighted by atomic mass is 10.1. The van der Waals surface area contributed by atoms with Crippen LogP contribution in [0.2, 0.25) is 0 Å². The molecule has 100 valence electrons. The predicted octanol–water partition coefficient (Wildman–Crippen LogP) is 2.88. The molecular formula is C15H17NO3. The van der Waals surface area contributed by atoms with Gasteiger partial charge in [0.15, 0.2) is 0 Å². The summed E-state index contributed by atoms with van der Waals surface area (Å²) in [6.07, 6.45) is 0. The highest BCUT2D eigenvalue weighted by Gasteiger charge is 2.12. The van der Waals surface area contributed by atoms with E-state index in [4.69, 9.17) is 9.52 Å². The van der Waals surface area contributed by atoms with E-state index in [1.54, 1.807) is 13.0 Å². The molecule has 1 aromatic carbocycles. The molecular weight excluding hydrogens is 242 g/mol. The second-order valence-corrected chi connectivity index (χ2v) is 4.53. The summed E-state index contributed by atoms with van der Waals surface area (Å²) in [5.74, 6) is -0.395. The molecule has 19 heavy (non-hydrogen) atoms. The second-order valence-electron chi connectivity index (χ2n) is 4.53. The van der Waals surface area contributed by atoms with Gasteiger partial charge in [-0.1, -0.05) is 24.3 Å². The van der Waals surface area contributed by atoms with Gasteiger partial charge in [0.05, 0.1) is 0 Å². The van der Waals surface area contributed by atoms with Gasteiger partial charge in [-0.15, -0.1) is 0 Å². The van der Waals surface area contributed by atoms with Crippen molar-refractivity contribution in [2.75, 3.05) is 0 Å². The van der Waals surface area contributed by atoms with Crippen molar-refractivity contribution in [2.45, 2.75) is 26.9 Å². The molecule has 0 aliphatic heterocycles. The third kappa shape index (κ3) is 3.23. The maximum Gasteiger partial charge on any atom is 0.371 e. The van der Waals surface area contributed by atoms with E-state index in [2.05, 4.69) is 24.4 Å². The van der Waals surface area contributed by atoms with E-state index in [1.807, 2.05) is 12.1 Å². The Morgan fingerprint density at radius 3 is 2.53 bits per heavy atom. The Labute approximate surface area is 112 Å². The standard InChI is InChI=1S/C15H17NO3/c1-10-5-3-4-6-12(10)8-16-9-13-7-14(15(17)18)19-11(13)2/h3-7,16H,8-9H2,1-2H3,(H,17,18). The fourth-order valence-corrected chi connectivity index (χ4v) is 1.94. The van der Waals surface area contributed by atoms with Crippen LogP contribution in [0.1, 0.15) is 33.0 Å². The summed E-state index contributed by atoms with van der Waals surface area (Å²) in [6.45, 7) is 5.19. The van der Waals surface area contributed by atoms with Gasteiger partial charge in [0.1, 0.15) is 5.76 Å². The summed E-state index contributed by atoms with van der Waals surface area (Å²) in [7, 11) is 0. The second kappa shape index (κ2) is 5.71. The highest BCUT2D eigenvalue weighted by molar-refractivity contribution is 5.84. The van der Waals surface area contributed by atoms with Crippen LogP contribution >= 0.6 is 0 Å². The van der Waals surface area contributed by atoms with Crippen molar-refractivity contribution in [3.05, 3.63) is 58.5 Å². The third-order valence-corrected chi connectivity index (χ3v) is 3.12. The fourth-order valence-electron chi connectivity index (χ4n) is 1.94. The number of aryl methyl sites for hydroxylation is 2. The molecule has 2 rings (SSSR count). The first-order valence-electron chi connectivity index (χ1n) is 6.15. The number of hydrogen-bond acceptors (Lipinski definition) is 3. The van der Waals surface area contributed by atoms with E-state index in [9.17, 15) is 4.79 Å². The Kier molecular flexibility index (Phi) is 4.02. The van der Waals surface area contributed by atoms with E-state index in [0.717, 1.165) is 12.1 Å². The topological polar surface area (TPSA) is 62.5 Å². The van der Waals surface area contributed by atoms with Crippen LogP contribution in [0.4, 0.5) is 0 Å². The van der Waals surface area contributed by atoms with Gasteiger partial charge < -0.3 is 14.8 Å². The lowest BCUT2D eigenvalue weighted by Gasteiger charge is -2.06. The molecule has 0 amide bonds. The first-order valence-corrected chi connectivity index (χ1v) is 6.15. The number of aromatic carboxylic acids is 1. The van der Waals surface area contributed by atoms with Crippen LogP contribution < -0.4 is 5.32 Å². The molecule has 2 N–H and O–H groups in total. The fraction of sp³-hybridized carbons (Fsp3) is 0.267. The van der Waals surface area contributed by atoms with Gasteiger partial charge in [-0.25, -0.2) is 4.79 Å². The average Bonchev–Trinajstić information content (AvgIpc) is 2.74. The lowest BCUT2D eigenvalue weighted by molar-refractivity contribution is 0.0661. The van der Waals surface area contributed by atoms with Gasteiger partial charge in [0, 0.05) is 18.7 Å². The van der Waals surface area contributed by atoms with Crippen molar-refractivity contribution in [2.24, 2.45) is 0 Å². The zero-order valence-electron chi connectivity index (χ0n) is 11.1. The summed E-state index contributed by atoms with van der Waals surface area (Å²) in [4.78, 5) is 10.8. The lowest BCUT2D eigenvalue weighted by Crippen LogP contribution is -2.13. The molecule has 2 aromatic rings. The summed E-state index contributed by atoms with van der Waals surface area (Å²) in [5, 5.41) is 12.1. The normalized spacial score (nSPS) is 10.6. The molecule has 0 saturated carbocycles. The SMILES string of the molecule is Cc1ccccc1CNCc1cc(C(=O)O)oc1C. The van der Waals surface area contributed by atoms with Crippen molar-refractivity contribution in [1.82, 2.24) is 5.32 Å². The van der Waals surface area contributed by atoms with Gasteiger partial charge in [-0.3, -0.25) is 0 Å². The molecule has 0 radical (unpaired) electrons. The van der Waals surface area contributed by atoms with Crippen LogP contribution in [0.15, 0.2) is 34.7 Å². The quantitative estimate of drug-likeness (QED) is 0.866. The minimum atomic E-state index is -1.03. The number of rotatable bonds is 5. The molecule has 1 aromatic heterocycles. The van der Waals surface area contributed by atoms with E-state index in [1.165, 1.54) is 11.1 Å². The predicted molar refractivity (Wildman–Crippen MR) is 72.1 cm³/mol. The third-order valence-electron chi connectivity index (χ3n) is 3.12. The number of carboxylic acids is 1. The maximum atomic E-state index is 10.8. The molecule has 0 atom stereocenters. The largest absolute Gasteiger partial charge is 0.475 e. The number of carbonyl (C=O) groups is 1. The molecule has 0 unspecified atom stereocenters. The van der Waals surface area contributed by atoms with Gasteiger partial charge in [0.25, 0.3) is 0 Å². The van der Waals surface area contributed by atoms with Crippen LogP contribution in [0.3, 0.4) is 0 Å². The summed E-state index contributed by atoms with van der Waals surface area (Å²) in [6, 6.07) is 9.74. The monoisotopic (exact) mass is 259 g/mol. The highest BCUT2D eigenvalue weighted by atomic mass is 16.4. The molecule has 1 heterocycles. The first-order chi connectivity index (χ1) is 9.08. The average molecular weight is 259 g/mol. The van der Waals surface area contributed by atoms with Crippen LogP contribution in [-0.4, -0.2) is 11.1 Å². The summed E-state index contributed by atoms with van der Waals surface area (Å²) >= 11 is 0. The molecule has 4 heteroatoms. The van der Waals surface area contributed by atoms with E-state index in [-0.39, 0.29) is 5.76 Å². The van der Waals surface area contributed by atoms with Crippen LogP contribution in [0.5, 0.6) is 0 Å². The highest BCUT2D eigenvalue weighted by Crippen LogP contribution is 2.15. The molecule has 0 bridgehead atoms. The molecule has 0 aliphatic rings. The number of carboxylic acid groups (broad SMARTS) is 1. The van der Waals surface area contributed by atoms with Crippen LogP contribution in [0, 0.1) is 13.8 Å². The molecule has 0 saturated heterocycles. The Hall–Kier alpha value is -2.07. The minimum Gasteiger partial charge on any atom is -0.475 e. The van der Waals surface area contributed by atoms with E-state index >= 15 is 0 Å².